The Morgan fingerprint density at radius 2 is 1.94 bits per heavy atom. The summed E-state index contributed by atoms with van der Waals surface area (Å²) >= 11 is 11.4. The van der Waals surface area contributed by atoms with Crippen LogP contribution in [0.1, 0.15) is 10.4 Å². The van der Waals surface area contributed by atoms with Gasteiger partial charge in [-0.25, -0.2) is 8.78 Å². The van der Waals surface area contributed by atoms with Crippen LogP contribution in [-0.2, 0) is 0 Å². The van der Waals surface area contributed by atoms with Gasteiger partial charge in [0.15, 0.2) is 0 Å². The molecule has 1 rings (SSSR count). The quantitative estimate of drug-likeness (QED) is 0.896. The molecule has 0 fully saturated rings. The van der Waals surface area contributed by atoms with Crippen molar-refractivity contribution in [1.29, 1.82) is 0 Å². The Hall–Kier alpha value is -0.620. The molecule has 18 heavy (non-hydrogen) atoms. The smallest absolute Gasteiger partial charge is 0.277 e. The monoisotopic (exact) mass is 318 g/mol. The van der Waals surface area contributed by atoms with E-state index in [4.69, 9.17) is 28.9 Å². The van der Waals surface area contributed by atoms with Gasteiger partial charge >= 0.3 is 0 Å². The van der Waals surface area contributed by atoms with Crippen LogP contribution in [0.4, 0.5) is 8.78 Å². The third-order valence-electron chi connectivity index (χ3n) is 1.99. The summed E-state index contributed by atoms with van der Waals surface area (Å²) in [5.41, 5.74) is 4.99. The molecular formula is C10H11Cl3F2N2O. The van der Waals surface area contributed by atoms with Crippen LogP contribution in [-0.4, -0.2) is 24.9 Å². The molecule has 8 heteroatoms. The van der Waals surface area contributed by atoms with Crippen molar-refractivity contribution in [3.63, 3.8) is 0 Å². The first kappa shape index (κ1) is 17.4. The third-order valence-corrected chi connectivity index (χ3v) is 2.73. The topological polar surface area (TPSA) is 55.1 Å². The van der Waals surface area contributed by atoms with Crippen molar-refractivity contribution in [2.45, 2.75) is 5.92 Å². The van der Waals surface area contributed by atoms with Crippen LogP contribution in [0.25, 0.3) is 0 Å². The first-order chi connectivity index (χ1) is 7.85. The summed E-state index contributed by atoms with van der Waals surface area (Å²) in [5.74, 6) is -3.78. The minimum Gasteiger partial charge on any atom is -0.346 e. The predicted molar refractivity (Wildman–Crippen MR) is 70.0 cm³/mol. The normalized spacial score (nSPS) is 10.7. The highest BCUT2D eigenvalue weighted by Crippen LogP contribution is 2.22. The molecule has 0 aliphatic heterocycles. The van der Waals surface area contributed by atoms with Crippen LogP contribution in [0.15, 0.2) is 18.2 Å². The second-order valence-corrected chi connectivity index (χ2v) is 4.19. The summed E-state index contributed by atoms with van der Waals surface area (Å²) in [4.78, 5) is 11.5. The number of halogens is 5. The van der Waals surface area contributed by atoms with Crippen LogP contribution in [0.5, 0.6) is 0 Å². The number of carbonyl (C=O) groups excluding carboxylic acids is 1. The first-order valence-corrected chi connectivity index (χ1v) is 5.42. The number of hydrogen-bond donors (Lipinski definition) is 2. The van der Waals surface area contributed by atoms with E-state index in [-0.39, 0.29) is 28.0 Å². The SMILES string of the molecule is Cl.NCC(F)(F)CNC(=O)c1ccc(Cl)c(Cl)c1. The molecule has 0 unspecified atom stereocenters. The van der Waals surface area contributed by atoms with Gasteiger partial charge < -0.3 is 11.1 Å². The molecule has 0 radical (unpaired) electrons. The molecule has 0 atom stereocenters. The zero-order valence-electron chi connectivity index (χ0n) is 9.05. The molecule has 0 saturated carbocycles. The van der Waals surface area contributed by atoms with Crippen molar-refractivity contribution in [3.05, 3.63) is 33.8 Å². The van der Waals surface area contributed by atoms with Gasteiger partial charge in [-0.05, 0) is 18.2 Å². The van der Waals surface area contributed by atoms with Crippen molar-refractivity contribution in [1.82, 2.24) is 5.32 Å². The Balaban J connectivity index is 0.00000289. The zero-order chi connectivity index (χ0) is 13.1. The number of nitrogens with two attached hydrogens (primary N) is 1. The molecule has 0 heterocycles. The maximum Gasteiger partial charge on any atom is 0.277 e. The minimum absolute atomic E-state index is 0. The standard InChI is InChI=1S/C10H10Cl2F2N2O.ClH/c11-7-2-1-6(3-8(7)12)9(17)16-5-10(13,14)4-15;/h1-3H,4-5,15H2,(H,16,17);1H. The van der Waals surface area contributed by atoms with E-state index in [0.29, 0.717) is 0 Å². The van der Waals surface area contributed by atoms with Gasteiger partial charge in [0.25, 0.3) is 11.8 Å². The Bertz CT molecular complexity index is 430. The van der Waals surface area contributed by atoms with Gasteiger partial charge in [-0.15, -0.1) is 12.4 Å². The summed E-state index contributed by atoms with van der Waals surface area (Å²) in [6, 6.07) is 4.11. The number of rotatable bonds is 4. The molecule has 1 aromatic rings. The molecular weight excluding hydrogens is 308 g/mol. The molecule has 1 aromatic carbocycles. The van der Waals surface area contributed by atoms with E-state index < -0.39 is 24.9 Å². The molecule has 0 spiro atoms. The van der Waals surface area contributed by atoms with Gasteiger partial charge in [0.1, 0.15) is 0 Å². The minimum atomic E-state index is -3.12. The van der Waals surface area contributed by atoms with E-state index in [9.17, 15) is 13.6 Å². The highest BCUT2D eigenvalue weighted by atomic mass is 35.5. The summed E-state index contributed by atoms with van der Waals surface area (Å²) in [6.45, 7) is -1.64. The van der Waals surface area contributed by atoms with Crippen LogP contribution >= 0.6 is 35.6 Å². The van der Waals surface area contributed by atoms with Gasteiger partial charge in [0.05, 0.1) is 23.1 Å². The number of benzene rings is 1. The van der Waals surface area contributed by atoms with Crippen LogP contribution < -0.4 is 11.1 Å². The molecule has 0 aliphatic rings. The van der Waals surface area contributed by atoms with Crippen molar-refractivity contribution < 1.29 is 13.6 Å². The maximum atomic E-state index is 12.8. The average molecular weight is 320 g/mol. The van der Waals surface area contributed by atoms with Crippen molar-refractivity contribution in [3.8, 4) is 0 Å². The van der Waals surface area contributed by atoms with Crippen LogP contribution in [0.2, 0.25) is 10.0 Å². The van der Waals surface area contributed by atoms with Crippen LogP contribution in [0, 0.1) is 0 Å². The van der Waals surface area contributed by atoms with Crippen molar-refractivity contribution in [2.75, 3.05) is 13.1 Å². The molecule has 1 amide bonds. The fourth-order valence-corrected chi connectivity index (χ4v) is 1.32. The van der Waals surface area contributed by atoms with Gasteiger partial charge in [-0.3, -0.25) is 4.79 Å². The maximum absolute atomic E-state index is 12.8. The second-order valence-electron chi connectivity index (χ2n) is 3.37. The fourth-order valence-electron chi connectivity index (χ4n) is 1.02. The highest BCUT2D eigenvalue weighted by molar-refractivity contribution is 6.42. The Labute approximate surface area is 119 Å². The second kappa shape index (κ2) is 7.09. The third kappa shape index (κ3) is 4.94. The molecule has 102 valence electrons. The molecule has 0 bridgehead atoms. The summed E-state index contributed by atoms with van der Waals surface area (Å²) in [7, 11) is 0. The van der Waals surface area contributed by atoms with E-state index in [1.165, 1.54) is 18.2 Å². The number of amides is 1. The van der Waals surface area contributed by atoms with Crippen molar-refractivity contribution in [2.24, 2.45) is 5.73 Å². The molecule has 3 nitrogen and oxygen atoms in total. The van der Waals surface area contributed by atoms with E-state index >= 15 is 0 Å². The molecule has 0 saturated heterocycles. The number of nitrogens with one attached hydrogen (secondary N) is 1. The summed E-state index contributed by atoms with van der Waals surface area (Å²) in [6.07, 6.45) is 0. The lowest BCUT2D eigenvalue weighted by Gasteiger charge is -2.14. The number of carbonyl (C=O) groups is 1. The average Bonchev–Trinajstić information content (AvgIpc) is 2.30. The Morgan fingerprint density at radius 1 is 1.33 bits per heavy atom. The Morgan fingerprint density at radius 3 is 2.44 bits per heavy atom. The molecule has 0 aromatic heterocycles. The summed E-state index contributed by atoms with van der Waals surface area (Å²) < 4.78 is 25.6. The van der Waals surface area contributed by atoms with E-state index in [0.717, 1.165) is 0 Å². The lowest BCUT2D eigenvalue weighted by atomic mass is 10.2. The number of hydrogen-bond acceptors (Lipinski definition) is 2. The lowest BCUT2D eigenvalue weighted by Crippen LogP contribution is -2.41. The van der Waals surface area contributed by atoms with E-state index in [2.05, 4.69) is 5.32 Å². The fraction of sp³-hybridized carbons (Fsp3) is 0.300. The highest BCUT2D eigenvalue weighted by Gasteiger charge is 2.27. The van der Waals surface area contributed by atoms with Gasteiger partial charge in [-0.1, -0.05) is 23.2 Å². The largest absolute Gasteiger partial charge is 0.346 e. The zero-order valence-corrected chi connectivity index (χ0v) is 11.4. The predicted octanol–water partition coefficient (Wildman–Crippen LogP) is 2.74. The molecule has 0 aliphatic carbocycles. The van der Waals surface area contributed by atoms with Gasteiger partial charge in [0, 0.05) is 5.56 Å². The van der Waals surface area contributed by atoms with E-state index in [1.807, 2.05) is 0 Å². The summed E-state index contributed by atoms with van der Waals surface area (Å²) in [5, 5.41) is 2.54. The Kier molecular flexibility index (Phi) is 6.84. The first-order valence-electron chi connectivity index (χ1n) is 4.67. The van der Waals surface area contributed by atoms with Crippen molar-refractivity contribution >= 4 is 41.5 Å². The van der Waals surface area contributed by atoms with Crippen LogP contribution in [0.3, 0.4) is 0 Å². The van der Waals surface area contributed by atoms with Gasteiger partial charge in [-0.2, -0.15) is 0 Å². The van der Waals surface area contributed by atoms with Gasteiger partial charge in [0.2, 0.25) is 0 Å². The van der Waals surface area contributed by atoms with E-state index in [1.54, 1.807) is 0 Å². The number of alkyl halides is 2. The molecule has 3 N–H and O–H groups in total. The lowest BCUT2D eigenvalue weighted by molar-refractivity contribution is 0.0118.